The minimum atomic E-state index is 0.0339. The zero-order valence-corrected chi connectivity index (χ0v) is 11.9. The van der Waals surface area contributed by atoms with Crippen LogP contribution in [0.2, 0.25) is 0 Å². The molecule has 0 unspecified atom stereocenters. The molecule has 3 nitrogen and oxygen atoms in total. The van der Waals surface area contributed by atoms with Gasteiger partial charge in [-0.15, -0.1) is 0 Å². The highest BCUT2D eigenvalue weighted by atomic mass is 79.9. The highest BCUT2D eigenvalue weighted by molar-refractivity contribution is 9.10. The predicted molar refractivity (Wildman–Crippen MR) is 70.7 cm³/mol. The predicted octanol–water partition coefficient (Wildman–Crippen LogP) is 3.46. The van der Waals surface area contributed by atoms with Crippen LogP contribution in [0.15, 0.2) is 22.7 Å². The van der Waals surface area contributed by atoms with Gasteiger partial charge in [-0.3, -0.25) is 4.79 Å². The van der Waals surface area contributed by atoms with Crippen LogP contribution in [0.1, 0.15) is 31.1 Å². The lowest BCUT2D eigenvalue weighted by molar-refractivity contribution is 0.0552. The van der Waals surface area contributed by atoms with Gasteiger partial charge in [-0.2, -0.15) is 0 Å². The van der Waals surface area contributed by atoms with Crippen LogP contribution >= 0.6 is 15.9 Å². The van der Waals surface area contributed by atoms with Crippen LogP contribution in [0.25, 0.3) is 0 Å². The second kappa shape index (κ2) is 6.77. The molecule has 94 valence electrons. The zero-order valence-electron chi connectivity index (χ0n) is 10.3. The van der Waals surface area contributed by atoms with Crippen molar-refractivity contribution < 1.29 is 14.3 Å². The van der Waals surface area contributed by atoms with E-state index in [1.807, 2.05) is 13.8 Å². The molecule has 0 amide bonds. The lowest BCUT2D eigenvalue weighted by atomic mass is 10.1. The SMILES string of the molecule is CC(=O)c1ccc(OCCOC(C)C)cc1Br. The molecular weight excluding hydrogens is 284 g/mol. The molecule has 4 heteroatoms. The van der Waals surface area contributed by atoms with E-state index in [1.165, 1.54) is 6.92 Å². The van der Waals surface area contributed by atoms with Gasteiger partial charge >= 0.3 is 0 Å². The lowest BCUT2D eigenvalue weighted by Gasteiger charge is -2.10. The van der Waals surface area contributed by atoms with Crippen molar-refractivity contribution in [1.82, 2.24) is 0 Å². The summed E-state index contributed by atoms with van der Waals surface area (Å²) in [5.74, 6) is 0.765. The van der Waals surface area contributed by atoms with E-state index in [0.29, 0.717) is 18.8 Å². The van der Waals surface area contributed by atoms with Gasteiger partial charge in [-0.05, 0) is 54.9 Å². The van der Waals surface area contributed by atoms with Crippen LogP contribution in [0.5, 0.6) is 5.75 Å². The summed E-state index contributed by atoms with van der Waals surface area (Å²) in [4.78, 5) is 11.2. The number of halogens is 1. The van der Waals surface area contributed by atoms with E-state index >= 15 is 0 Å². The van der Waals surface area contributed by atoms with Crippen LogP contribution < -0.4 is 4.74 Å². The van der Waals surface area contributed by atoms with Crippen molar-refractivity contribution in [3.05, 3.63) is 28.2 Å². The highest BCUT2D eigenvalue weighted by Crippen LogP contribution is 2.23. The van der Waals surface area contributed by atoms with Gasteiger partial charge in [-0.25, -0.2) is 0 Å². The Morgan fingerprint density at radius 1 is 1.35 bits per heavy atom. The zero-order chi connectivity index (χ0) is 12.8. The summed E-state index contributed by atoms with van der Waals surface area (Å²) >= 11 is 3.35. The number of carbonyl (C=O) groups is 1. The third-order valence-corrected chi connectivity index (χ3v) is 2.78. The average Bonchev–Trinajstić information content (AvgIpc) is 2.23. The third-order valence-electron chi connectivity index (χ3n) is 2.12. The van der Waals surface area contributed by atoms with Gasteiger partial charge in [0.25, 0.3) is 0 Å². The quantitative estimate of drug-likeness (QED) is 0.596. The summed E-state index contributed by atoms with van der Waals surface area (Å²) in [5, 5.41) is 0. The Morgan fingerprint density at radius 3 is 2.59 bits per heavy atom. The first-order chi connectivity index (χ1) is 8.00. The largest absolute Gasteiger partial charge is 0.491 e. The first kappa shape index (κ1) is 14.2. The molecule has 0 spiro atoms. The molecule has 17 heavy (non-hydrogen) atoms. The smallest absolute Gasteiger partial charge is 0.160 e. The molecule has 0 saturated carbocycles. The Hall–Kier alpha value is -0.870. The highest BCUT2D eigenvalue weighted by Gasteiger charge is 2.06. The second-order valence-corrected chi connectivity index (χ2v) is 4.82. The summed E-state index contributed by atoms with van der Waals surface area (Å²) in [6, 6.07) is 5.34. The molecule has 0 aliphatic rings. The normalized spacial score (nSPS) is 10.6. The Morgan fingerprint density at radius 2 is 2.06 bits per heavy atom. The minimum absolute atomic E-state index is 0.0339. The summed E-state index contributed by atoms with van der Waals surface area (Å²) in [5.41, 5.74) is 0.663. The Labute approximate surface area is 110 Å². The lowest BCUT2D eigenvalue weighted by Crippen LogP contribution is -2.11. The fraction of sp³-hybridized carbons (Fsp3) is 0.462. The van der Waals surface area contributed by atoms with Gasteiger partial charge in [0.1, 0.15) is 12.4 Å². The molecule has 1 aromatic carbocycles. The first-order valence-electron chi connectivity index (χ1n) is 5.55. The molecule has 0 aliphatic heterocycles. The van der Waals surface area contributed by atoms with Crippen molar-refractivity contribution in [2.24, 2.45) is 0 Å². The van der Waals surface area contributed by atoms with Crippen molar-refractivity contribution in [2.45, 2.75) is 26.9 Å². The van der Waals surface area contributed by atoms with Crippen LogP contribution in [-0.2, 0) is 4.74 Å². The first-order valence-corrected chi connectivity index (χ1v) is 6.35. The fourth-order valence-corrected chi connectivity index (χ4v) is 1.95. The molecule has 0 fully saturated rings. The number of ketones is 1. The number of Topliss-reactive ketones (excluding diaryl/α,β-unsaturated/α-hetero) is 1. The van der Waals surface area contributed by atoms with E-state index in [1.54, 1.807) is 18.2 Å². The molecule has 0 N–H and O–H groups in total. The van der Waals surface area contributed by atoms with Gasteiger partial charge in [0, 0.05) is 10.0 Å². The molecule has 0 radical (unpaired) electrons. The topological polar surface area (TPSA) is 35.5 Å². The van der Waals surface area contributed by atoms with Gasteiger partial charge in [-0.1, -0.05) is 0 Å². The maximum absolute atomic E-state index is 11.2. The van der Waals surface area contributed by atoms with Gasteiger partial charge in [0.05, 0.1) is 12.7 Å². The fourth-order valence-electron chi connectivity index (χ4n) is 1.31. The number of benzene rings is 1. The van der Waals surface area contributed by atoms with E-state index in [-0.39, 0.29) is 11.9 Å². The maximum Gasteiger partial charge on any atom is 0.160 e. The molecule has 0 aliphatic carbocycles. The Kier molecular flexibility index (Phi) is 5.65. The van der Waals surface area contributed by atoms with E-state index in [9.17, 15) is 4.79 Å². The van der Waals surface area contributed by atoms with Crippen molar-refractivity contribution in [3.8, 4) is 5.75 Å². The maximum atomic E-state index is 11.2. The van der Waals surface area contributed by atoms with Crippen LogP contribution in [-0.4, -0.2) is 25.1 Å². The molecule has 0 aromatic heterocycles. The van der Waals surface area contributed by atoms with Crippen molar-refractivity contribution >= 4 is 21.7 Å². The van der Waals surface area contributed by atoms with E-state index in [0.717, 1.165) is 10.2 Å². The van der Waals surface area contributed by atoms with Crippen LogP contribution in [0, 0.1) is 0 Å². The number of hydrogen-bond donors (Lipinski definition) is 0. The van der Waals surface area contributed by atoms with Crippen molar-refractivity contribution in [1.29, 1.82) is 0 Å². The molecule has 0 heterocycles. The third kappa shape index (κ3) is 4.88. The van der Waals surface area contributed by atoms with Gasteiger partial charge in [0.15, 0.2) is 5.78 Å². The Balaban J connectivity index is 2.50. The second-order valence-electron chi connectivity index (χ2n) is 3.97. The number of ether oxygens (including phenoxy) is 2. The molecule has 1 rings (SSSR count). The molecule has 0 saturated heterocycles. The van der Waals surface area contributed by atoms with E-state index in [2.05, 4.69) is 15.9 Å². The molecule has 0 atom stereocenters. The van der Waals surface area contributed by atoms with Crippen LogP contribution in [0.4, 0.5) is 0 Å². The minimum Gasteiger partial charge on any atom is -0.491 e. The average molecular weight is 301 g/mol. The van der Waals surface area contributed by atoms with Crippen molar-refractivity contribution in [3.63, 3.8) is 0 Å². The monoisotopic (exact) mass is 300 g/mol. The molecular formula is C13H17BrO3. The standard InChI is InChI=1S/C13H17BrO3/c1-9(2)16-6-7-17-11-4-5-12(10(3)15)13(14)8-11/h4-5,8-9H,6-7H2,1-3H3. The van der Waals surface area contributed by atoms with E-state index in [4.69, 9.17) is 9.47 Å². The van der Waals surface area contributed by atoms with Crippen LogP contribution in [0.3, 0.4) is 0 Å². The van der Waals surface area contributed by atoms with Gasteiger partial charge < -0.3 is 9.47 Å². The van der Waals surface area contributed by atoms with Gasteiger partial charge in [0.2, 0.25) is 0 Å². The van der Waals surface area contributed by atoms with E-state index < -0.39 is 0 Å². The number of hydrogen-bond acceptors (Lipinski definition) is 3. The summed E-state index contributed by atoms with van der Waals surface area (Å²) in [7, 11) is 0. The Bertz CT molecular complexity index is 388. The number of carbonyl (C=O) groups excluding carboxylic acids is 1. The molecule has 1 aromatic rings. The summed E-state index contributed by atoms with van der Waals surface area (Å²) < 4.78 is 11.6. The summed E-state index contributed by atoms with van der Waals surface area (Å²) in [6.45, 7) is 6.57. The molecule has 0 bridgehead atoms. The van der Waals surface area contributed by atoms with Crippen molar-refractivity contribution in [2.75, 3.05) is 13.2 Å². The number of rotatable bonds is 6. The summed E-state index contributed by atoms with van der Waals surface area (Å²) in [6.07, 6.45) is 0.213.